The summed E-state index contributed by atoms with van der Waals surface area (Å²) in [6, 6.07) is 7.79. The van der Waals surface area contributed by atoms with E-state index in [1.165, 1.54) is 11.8 Å². The Morgan fingerprint density at radius 3 is 2.86 bits per heavy atom. The first-order valence-electron chi connectivity index (χ1n) is 7.19. The average Bonchev–Trinajstić information content (AvgIpc) is 2.53. The van der Waals surface area contributed by atoms with E-state index >= 15 is 0 Å². The summed E-state index contributed by atoms with van der Waals surface area (Å²) in [7, 11) is 0. The Bertz CT molecular complexity index is 613. The molecule has 1 heterocycles. The van der Waals surface area contributed by atoms with Crippen molar-refractivity contribution in [1.82, 2.24) is 9.97 Å². The number of aromatic nitrogens is 2. The van der Waals surface area contributed by atoms with Crippen LogP contribution in [0.2, 0.25) is 0 Å². The van der Waals surface area contributed by atoms with Crippen LogP contribution < -0.4 is 10.6 Å². The molecule has 0 atom stereocenters. The maximum Gasteiger partial charge on any atom is 0.275 e. The van der Waals surface area contributed by atoms with Crippen molar-refractivity contribution in [2.75, 3.05) is 17.2 Å². The Balaban J connectivity index is 2.08. The van der Waals surface area contributed by atoms with E-state index in [9.17, 15) is 4.79 Å². The number of aryl methyl sites for hydroxylation is 1. The molecule has 0 saturated carbocycles. The first kappa shape index (κ1) is 15.0. The number of nitrogens with one attached hydrogen (secondary N) is 2. The second-order valence-corrected chi connectivity index (χ2v) is 4.72. The van der Waals surface area contributed by atoms with Crippen molar-refractivity contribution < 1.29 is 4.79 Å². The van der Waals surface area contributed by atoms with Gasteiger partial charge in [-0.15, -0.1) is 0 Å². The Hall–Kier alpha value is -2.43. The number of hydrogen-bond donors (Lipinski definition) is 2. The fourth-order valence-electron chi connectivity index (χ4n) is 1.88. The van der Waals surface area contributed by atoms with Crippen LogP contribution in [0.4, 0.5) is 11.5 Å². The lowest BCUT2D eigenvalue weighted by molar-refractivity contribution is 0.102. The Labute approximate surface area is 124 Å². The lowest BCUT2D eigenvalue weighted by Crippen LogP contribution is -2.15. The number of carbonyl (C=O) groups excluding carboxylic acids is 1. The third-order valence-electron chi connectivity index (χ3n) is 3.02. The van der Waals surface area contributed by atoms with Crippen molar-refractivity contribution in [3.63, 3.8) is 0 Å². The van der Waals surface area contributed by atoms with Gasteiger partial charge in [0.05, 0.1) is 12.4 Å². The van der Waals surface area contributed by atoms with Gasteiger partial charge in [-0.3, -0.25) is 9.78 Å². The van der Waals surface area contributed by atoms with E-state index in [2.05, 4.69) is 34.4 Å². The zero-order valence-corrected chi connectivity index (χ0v) is 12.4. The van der Waals surface area contributed by atoms with E-state index in [1.54, 1.807) is 6.20 Å². The summed E-state index contributed by atoms with van der Waals surface area (Å²) < 4.78 is 0. The van der Waals surface area contributed by atoms with Gasteiger partial charge in [-0.1, -0.05) is 26.0 Å². The highest BCUT2D eigenvalue weighted by atomic mass is 16.1. The third kappa shape index (κ3) is 4.27. The molecule has 0 fully saturated rings. The number of amides is 1. The van der Waals surface area contributed by atoms with E-state index in [0.717, 1.165) is 25.1 Å². The first-order valence-corrected chi connectivity index (χ1v) is 7.19. The monoisotopic (exact) mass is 284 g/mol. The minimum atomic E-state index is -0.254. The van der Waals surface area contributed by atoms with Crippen LogP contribution in [-0.2, 0) is 6.42 Å². The maximum atomic E-state index is 12.2. The van der Waals surface area contributed by atoms with Gasteiger partial charge in [-0.05, 0) is 30.5 Å². The topological polar surface area (TPSA) is 66.9 Å². The smallest absolute Gasteiger partial charge is 0.275 e. The van der Waals surface area contributed by atoms with Crippen molar-refractivity contribution >= 4 is 17.4 Å². The molecule has 2 aromatic rings. The summed E-state index contributed by atoms with van der Waals surface area (Å²) in [5, 5.41) is 5.97. The first-order chi connectivity index (χ1) is 10.2. The van der Waals surface area contributed by atoms with Gasteiger partial charge in [-0.25, -0.2) is 4.98 Å². The molecule has 1 amide bonds. The van der Waals surface area contributed by atoms with Crippen LogP contribution in [-0.4, -0.2) is 22.4 Å². The lowest BCUT2D eigenvalue weighted by atomic mass is 10.1. The molecule has 0 bridgehead atoms. The van der Waals surface area contributed by atoms with Crippen LogP contribution >= 0.6 is 0 Å². The van der Waals surface area contributed by atoms with Gasteiger partial charge < -0.3 is 10.6 Å². The molecule has 0 spiro atoms. The molecule has 0 aliphatic carbocycles. The lowest BCUT2D eigenvalue weighted by Gasteiger charge is -2.08. The molecule has 5 nitrogen and oxygen atoms in total. The number of carbonyl (C=O) groups is 1. The van der Waals surface area contributed by atoms with Crippen LogP contribution in [0, 0.1) is 0 Å². The second-order valence-electron chi connectivity index (χ2n) is 4.72. The van der Waals surface area contributed by atoms with Gasteiger partial charge >= 0.3 is 0 Å². The van der Waals surface area contributed by atoms with E-state index in [-0.39, 0.29) is 5.91 Å². The van der Waals surface area contributed by atoms with Crippen molar-refractivity contribution in [3.05, 3.63) is 47.9 Å². The number of nitrogens with zero attached hydrogens (tertiary/aromatic N) is 2. The van der Waals surface area contributed by atoms with Crippen LogP contribution in [0.25, 0.3) is 0 Å². The fraction of sp³-hybridized carbons (Fsp3) is 0.312. The molecule has 5 heteroatoms. The second kappa shape index (κ2) is 7.38. The average molecular weight is 284 g/mol. The standard InChI is InChI=1S/C16H20N4O/c1-3-8-18-15-11-17-10-14(20-15)16(21)19-13-7-5-6-12(4-2)9-13/h5-7,9-11H,3-4,8H2,1-2H3,(H,18,20)(H,19,21). The zero-order valence-electron chi connectivity index (χ0n) is 12.4. The number of benzene rings is 1. The molecule has 21 heavy (non-hydrogen) atoms. The van der Waals surface area contributed by atoms with Crippen LogP contribution in [0.1, 0.15) is 36.3 Å². The molecule has 1 aromatic heterocycles. The molecule has 0 saturated heterocycles. The number of rotatable bonds is 6. The molecule has 2 rings (SSSR count). The number of anilines is 2. The molecule has 0 aliphatic heterocycles. The SMILES string of the molecule is CCCNc1cncc(C(=O)Nc2cccc(CC)c2)n1. The molecule has 2 N–H and O–H groups in total. The molecule has 0 unspecified atom stereocenters. The van der Waals surface area contributed by atoms with Gasteiger partial charge in [0, 0.05) is 12.2 Å². The third-order valence-corrected chi connectivity index (χ3v) is 3.02. The van der Waals surface area contributed by atoms with Crippen LogP contribution in [0.15, 0.2) is 36.7 Å². The Morgan fingerprint density at radius 1 is 1.24 bits per heavy atom. The van der Waals surface area contributed by atoms with Crippen molar-refractivity contribution in [3.8, 4) is 0 Å². The van der Waals surface area contributed by atoms with E-state index in [1.807, 2.05) is 24.3 Å². The fourth-order valence-corrected chi connectivity index (χ4v) is 1.88. The highest BCUT2D eigenvalue weighted by molar-refractivity contribution is 6.02. The van der Waals surface area contributed by atoms with Crippen molar-refractivity contribution in [2.24, 2.45) is 0 Å². The summed E-state index contributed by atoms with van der Waals surface area (Å²) in [6.45, 7) is 4.95. The predicted octanol–water partition coefficient (Wildman–Crippen LogP) is 3.11. The summed E-state index contributed by atoms with van der Waals surface area (Å²) in [4.78, 5) is 20.5. The van der Waals surface area contributed by atoms with Gasteiger partial charge in [-0.2, -0.15) is 0 Å². The molecule has 1 aromatic carbocycles. The van der Waals surface area contributed by atoms with Gasteiger partial charge in [0.15, 0.2) is 0 Å². The van der Waals surface area contributed by atoms with E-state index in [0.29, 0.717) is 11.5 Å². The largest absolute Gasteiger partial charge is 0.369 e. The number of hydrogen-bond acceptors (Lipinski definition) is 4. The summed E-state index contributed by atoms with van der Waals surface area (Å²) in [6.07, 6.45) is 5.00. The summed E-state index contributed by atoms with van der Waals surface area (Å²) in [5.41, 5.74) is 2.25. The normalized spacial score (nSPS) is 10.2. The summed E-state index contributed by atoms with van der Waals surface area (Å²) in [5.74, 6) is 0.364. The molecular formula is C16H20N4O. The van der Waals surface area contributed by atoms with Gasteiger partial charge in [0.2, 0.25) is 0 Å². The molecule has 0 aliphatic rings. The van der Waals surface area contributed by atoms with Gasteiger partial charge in [0.25, 0.3) is 5.91 Å². The molecule has 0 radical (unpaired) electrons. The van der Waals surface area contributed by atoms with E-state index in [4.69, 9.17) is 0 Å². The van der Waals surface area contributed by atoms with Crippen molar-refractivity contribution in [2.45, 2.75) is 26.7 Å². The predicted molar refractivity (Wildman–Crippen MR) is 84.6 cm³/mol. The van der Waals surface area contributed by atoms with Crippen molar-refractivity contribution in [1.29, 1.82) is 0 Å². The molecule has 110 valence electrons. The van der Waals surface area contributed by atoms with Crippen LogP contribution in [0.3, 0.4) is 0 Å². The zero-order chi connectivity index (χ0) is 15.1. The highest BCUT2D eigenvalue weighted by Gasteiger charge is 2.09. The Morgan fingerprint density at radius 2 is 2.10 bits per heavy atom. The molecular weight excluding hydrogens is 264 g/mol. The highest BCUT2D eigenvalue weighted by Crippen LogP contribution is 2.12. The quantitative estimate of drug-likeness (QED) is 0.855. The van der Waals surface area contributed by atoms with Gasteiger partial charge in [0.1, 0.15) is 11.5 Å². The summed E-state index contributed by atoms with van der Waals surface area (Å²) >= 11 is 0. The minimum Gasteiger partial charge on any atom is -0.369 e. The maximum absolute atomic E-state index is 12.2. The van der Waals surface area contributed by atoms with E-state index < -0.39 is 0 Å². The Kier molecular flexibility index (Phi) is 5.26. The minimum absolute atomic E-state index is 0.254. The van der Waals surface area contributed by atoms with Crippen LogP contribution in [0.5, 0.6) is 0 Å².